The maximum atomic E-state index is 9.18. The summed E-state index contributed by atoms with van der Waals surface area (Å²) in [6, 6.07) is 21.6. The van der Waals surface area contributed by atoms with Crippen molar-refractivity contribution in [3.63, 3.8) is 0 Å². The van der Waals surface area contributed by atoms with E-state index in [-0.39, 0.29) is 18.5 Å². The lowest BCUT2D eigenvalue weighted by molar-refractivity contribution is 0.465. The Kier molecular flexibility index (Phi) is 3.35. The second-order valence-corrected chi connectivity index (χ2v) is 7.05. The van der Waals surface area contributed by atoms with Crippen molar-refractivity contribution in [3.8, 4) is 40.5 Å². The molecule has 0 fully saturated rings. The van der Waals surface area contributed by atoms with Gasteiger partial charge in [0.05, 0.1) is 0 Å². The number of fused-ring (bicyclic) bond motifs is 4. The van der Waals surface area contributed by atoms with Gasteiger partial charge in [0.2, 0.25) is 11.8 Å². The van der Waals surface area contributed by atoms with Crippen molar-refractivity contribution in [2.75, 3.05) is 5.73 Å². The summed E-state index contributed by atoms with van der Waals surface area (Å²) in [7, 11) is 0. The van der Waals surface area contributed by atoms with Crippen molar-refractivity contribution in [2.24, 2.45) is 0 Å². The summed E-state index contributed by atoms with van der Waals surface area (Å²) in [6.45, 7) is -0.00273. The number of nitriles is 1. The maximum Gasteiger partial charge on any atom is 0.260 e. The molecule has 3 aromatic carbocycles. The molecule has 140 valence electrons. The lowest BCUT2D eigenvalue weighted by atomic mass is 9.35. The minimum absolute atomic E-state index is 0.00273. The Morgan fingerprint density at radius 2 is 1.40 bits per heavy atom. The van der Waals surface area contributed by atoms with E-state index in [9.17, 15) is 5.26 Å². The summed E-state index contributed by atoms with van der Waals surface area (Å²) in [6.07, 6.45) is 0. The Hall–Kier alpha value is -4.38. The Morgan fingerprint density at radius 1 is 0.800 bits per heavy atom. The molecule has 0 radical (unpaired) electrons. The van der Waals surface area contributed by atoms with E-state index in [2.05, 4.69) is 27.1 Å². The third-order valence-corrected chi connectivity index (χ3v) is 5.30. The predicted molar refractivity (Wildman–Crippen MR) is 112 cm³/mol. The molecule has 2 aliphatic rings. The smallest absolute Gasteiger partial charge is 0.260 e. The highest BCUT2D eigenvalue weighted by Gasteiger charge is 2.40. The number of hydrogen-bond acceptors (Lipinski definition) is 7. The Bertz CT molecular complexity index is 1330. The molecule has 0 saturated carbocycles. The molecule has 0 aliphatic carbocycles. The number of ether oxygens (including phenoxy) is 2. The van der Waals surface area contributed by atoms with Crippen molar-refractivity contribution >= 4 is 29.0 Å². The molecule has 8 heteroatoms. The Labute approximate surface area is 171 Å². The molecule has 30 heavy (non-hydrogen) atoms. The summed E-state index contributed by atoms with van der Waals surface area (Å²) in [5.41, 5.74) is 9.53. The first kappa shape index (κ1) is 16.6. The van der Waals surface area contributed by atoms with E-state index >= 15 is 0 Å². The van der Waals surface area contributed by atoms with Crippen molar-refractivity contribution in [3.05, 3.63) is 66.5 Å². The zero-order chi connectivity index (χ0) is 20.2. The van der Waals surface area contributed by atoms with Gasteiger partial charge in [0, 0.05) is 11.0 Å². The average molecular weight is 389 g/mol. The number of nitrogens with zero attached hydrogens (tertiary/aromatic N) is 4. The fourth-order valence-corrected chi connectivity index (χ4v) is 4.09. The molecule has 0 atom stereocenters. The van der Waals surface area contributed by atoms with E-state index in [1.165, 1.54) is 0 Å². The molecule has 7 nitrogen and oxygen atoms in total. The van der Waals surface area contributed by atoms with Crippen LogP contribution in [-0.2, 0) is 0 Å². The number of nitrogen functional groups attached to an aromatic ring is 1. The maximum absolute atomic E-state index is 9.18. The SMILES string of the molecule is N#Cc1nc(N)nc(-c2cc3c4c(c2)Oc2ccccc2B4c2ccccc2O3)n1. The van der Waals surface area contributed by atoms with Crippen LogP contribution in [0.2, 0.25) is 0 Å². The van der Waals surface area contributed by atoms with Crippen LogP contribution in [0.3, 0.4) is 0 Å². The second kappa shape index (κ2) is 6.06. The van der Waals surface area contributed by atoms with Crippen LogP contribution >= 0.6 is 0 Å². The van der Waals surface area contributed by atoms with Crippen LogP contribution in [0.1, 0.15) is 5.82 Å². The van der Waals surface area contributed by atoms with Gasteiger partial charge < -0.3 is 15.2 Å². The van der Waals surface area contributed by atoms with E-state index < -0.39 is 0 Å². The zero-order valence-electron chi connectivity index (χ0n) is 15.5. The molecule has 2 N–H and O–H groups in total. The highest BCUT2D eigenvalue weighted by molar-refractivity contribution is 6.98. The van der Waals surface area contributed by atoms with Crippen molar-refractivity contribution in [1.29, 1.82) is 5.26 Å². The van der Waals surface area contributed by atoms with E-state index in [4.69, 9.17) is 15.2 Å². The minimum atomic E-state index is -0.0423. The molecular formula is C22H12BN5O2. The summed E-state index contributed by atoms with van der Waals surface area (Å²) in [5.74, 6) is 3.15. The normalized spacial score (nSPS) is 12.6. The molecule has 2 aliphatic heterocycles. The number of aromatic nitrogens is 3. The van der Waals surface area contributed by atoms with Crippen LogP contribution in [0.15, 0.2) is 60.7 Å². The highest BCUT2D eigenvalue weighted by Crippen LogP contribution is 2.37. The summed E-state index contributed by atoms with van der Waals surface area (Å²) < 4.78 is 12.5. The van der Waals surface area contributed by atoms with Gasteiger partial charge in [-0.25, -0.2) is 0 Å². The summed E-state index contributed by atoms with van der Waals surface area (Å²) in [4.78, 5) is 12.2. The van der Waals surface area contributed by atoms with Gasteiger partial charge in [-0.05, 0) is 35.2 Å². The summed E-state index contributed by atoms with van der Waals surface area (Å²) in [5, 5.41) is 9.18. The average Bonchev–Trinajstić information content (AvgIpc) is 2.78. The first-order chi connectivity index (χ1) is 14.7. The standard InChI is InChI=1S/C22H12BN5O2/c24-11-19-26-21(28-22(25)27-19)12-9-17-20-18(10-12)30-16-8-4-2-6-14(16)23(20)13-5-1-3-7-15(13)29-17/h1-10H,(H2,25,26,27,28). The second-order valence-electron chi connectivity index (χ2n) is 7.05. The third-order valence-electron chi connectivity index (χ3n) is 5.30. The minimum Gasteiger partial charge on any atom is -0.458 e. The molecule has 4 aromatic rings. The Balaban J connectivity index is 1.61. The molecule has 0 bridgehead atoms. The van der Waals surface area contributed by atoms with Crippen molar-refractivity contribution in [2.45, 2.75) is 0 Å². The van der Waals surface area contributed by atoms with Gasteiger partial charge in [-0.2, -0.15) is 20.2 Å². The zero-order valence-corrected chi connectivity index (χ0v) is 15.5. The molecule has 6 rings (SSSR count). The number of anilines is 1. The molecule has 1 aromatic heterocycles. The monoisotopic (exact) mass is 389 g/mol. The fraction of sp³-hybridized carbons (Fsp3) is 0. The van der Waals surface area contributed by atoms with Crippen LogP contribution in [0, 0.1) is 11.3 Å². The third kappa shape index (κ3) is 2.36. The fourth-order valence-electron chi connectivity index (χ4n) is 4.09. The van der Waals surface area contributed by atoms with E-state index in [1.54, 1.807) is 0 Å². The van der Waals surface area contributed by atoms with Crippen LogP contribution < -0.4 is 31.6 Å². The molecule has 0 unspecified atom stereocenters. The topological polar surface area (TPSA) is 107 Å². The van der Waals surface area contributed by atoms with Gasteiger partial charge in [-0.15, -0.1) is 0 Å². The first-order valence-electron chi connectivity index (χ1n) is 9.35. The molecule has 0 saturated heterocycles. The van der Waals surface area contributed by atoms with Crippen LogP contribution in [0.5, 0.6) is 23.0 Å². The Morgan fingerprint density at radius 3 is 2.00 bits per heavy atom. The van der Waals surface area contributed by atoms with Crippen molar-refractivity contribution < 1.29 is 9.47 Å². The van der Waals surface area contributed by atoms with E-state index in [0.717, 1.165) is 27.9 Å². The van der Waals surface area contributed by atoms with Gasteiger partial charge in [-0.1, -0.05) is 36.4 Å². The highest BCUT2D eigenvalue weighted by atomic mass is 16.5. The first-order valence-corrected chi connectivity index (χ1v) is 9.35. The van der Waals surface area contributed by atoms with Gasteiger partial charge in [-0.3, -0.25) is 0 Å². The van der Waals surface area contributed by atoms with Crippen LogP contribution in [0.25, 0.3) is 11.4 Å². The van der Waals surface area contributed by atoms with Crippen molar-refractivity contribution in [1.82, 2.24) is 15.0 Å². The van der Waals surface area contributed by atoms with E-state index in [1.807, 2.05) is 54.6 Å². The molecule has 0 amide bonds. The molecule has 0 spiro atoms. The number of hydrogen-bond donors (Lipinski definition) is 1. The predicted octanol–water partition coefficient (Wildman–Crippen LogP) is 1.72. The number of rotatable bonds is 1. The molecular weight excluding hydrogens is 377 g/mol. The van der Waals surface area contributed by atoms with Crippen LogP contribution in [0.4, 0.5) is 5.95 Å². The number of benzene rings is 3. The van der Waals surface area contributed by atoms with Gasteiger partial charge in [0.15, 0.2) is 5.82 Å². The largest absolute Gasteiger partial charge is 0.458 e. The molecule has 3 heterocycles. The number of nitrogens with two attached hydrogens (primary N) is 1. The van der Waals surface area contributed by atoms with Gasteiger partial charge >= 0.3 is 0 Å². The lowest BCUT2D eigenvalue weighted by Gasteiger charge is -2.33. The lowest BCUT2D eigenvalue weighted by Crippen LogP contribution is -2.57. The van der Waals surface area contributed by atoms with Gasteiger partial charge in [0.25, 0.3) is 6.71 Å². The quantitative estimate of drug-likeness (QED) is 0.427. The van der Waals surface area contributed by atoms with Crippen LogP contribution in [-0.4, -0.2) is 21.7 Å². The number of para-hydroxylation sites is 2. The van der Waals surface area contributed by atoms with E-state index in [0.29, 0.717) is 22.9 Å². The summed E-state index contributed by atoms with van der Waals surface area (Å²) >= 11 is 0. The van der Waals surface area contributed by atoms with Gasteiger partial charge in [0.1, 0.15) is 29.1 Å².